The third-order valence-corrected chi connectivity index (χ3v) is 4.13. The molecule has 0 bridgehead atoms. The van der Waals surface area contributed by atoms with Gasteiger partial charge in [-0.1, -0.05) is 74.4 Å². The molecule has 0 saturated heterocycles. The van der Waals surface area contributed by atoms with Crippen LogP contribution in [-0.4, -0.2) is 10.2 Å². The largest absolute Gasteiger partial charge is 0.508 e. The second-order valence-electron chi connectivity index (χ2n) is 5.79. The molecule has 0 atom stereocenters. The number of aromatic hydroxyl groups is 1. The van der Waals surface area contributed by atoms with Gasteiger partial charge in [0.15, 0.2) is 0 Å². The summed E-state index contributed by atoms with van der Waals surface area (Å²) in [5.74, 6) is 0.144. The number of allylic oxidation sites excluding steroid dienone is 11. The van der Waals surface area contributed by atoms with E-state index in [-0.39, 0.29) is 11.5 Å². The zero-order chi connectivity index (χ0) is 20.4. The Kier molecular flexibility index (Phi) is 8.61. The van der Waals surface area contributed by atoms with Crippen molar-refractivity contribution in [2.75, 3.05) is 0 Å². The third kappa shape index (κ3) is 5.11. The number of aliphatic hydroxyl groups excluding tert-OH is 1. The lowest BCUT2D eigenvalue weighted by Gasteiger charge is -2.19. The van der Waals surface area contributed by atoms with Crippen LogP contribution < -0.4 is 0 Å². The number of aryl methyl sites for hydroxylation is 1. The normalized spacial score (nSPS) is 13.7. The molecule has 0 unspecified atom stereocenters. The van der Waals surface area contributed by atoms with Crippen molar-refractivity contribution < 1.29 is 10.2 Å². The Morgan fingerprint density at radius 3 is 2.19 bits per heavy atom. The Morgan fingerprint density at radius 1 is 1.00 bits per heavy atom. The highest BCUT2D eigenvalue weighted by atomic mass is 16.3. The molecule has 0 saturated carbocycles. The molecular weight excluding hydrogens is 332 g/mol. The molecule has 27 heavy (non-hydrogen) atoms. The molecule has 0 radical (unpaired) electrons. The van der Waals surface area contributed by atoms with E-state index in [9.17, 15) is 10.2 Å². The van der Waals surface area contributed by atoms with Crippen LogP contribution in [0.15, 0.2) is 97.4 Å². The lowest BCUT2D eigenvalue weighted by atomic mass is 9.87. The Bertz CT molecular complexity index is 872. The number of rotatable bonds is 8. The first-order valence-electron chi connectivity index (χ1n) is 8.76. The van der Waals surface area contributed by atoms with E-state index in [0.29, 0.717) is 11.1 Å². The molecular formula is C25H28O2. The summed E-state index contributed by atoms with van der Waals surface area (Å²) in [7, 11) is 0. The second kappa shape index (κ2) is 10.7. The van der Waals surface area contributed by atoms with Crippen molar-refractivity contribution in [3.8, 4) is 5.75 Å². The van der Waals surface area contributed by atoms with Gasteiger partial charge in [0.2, 0.25) is 0 Å². The lowest BCUT2D eigenvalue weighted by Crippen LogP contribution is -2.01. The first-order valence-corrected chi connectivity index (χ1v) is 8.76. The van der Waals surface area contributed by atoms with Crippen LogP contribution in [0.4, 0.5) is 0 Å². The molecule has 0 aliphatic rings. The smallest absolute Gasteiger partial charge is 0.124 e. The molecule has 2 nitrogen and oxygen atoms in total. The molecule has 1 aromatic carbocycles. The van der Waals surface area contributed by atoms with Crippen molar-refractivity contribution in [1.29, 1.82) is 0 Å². The Morgan fingerprint density at radius 2 is 1.67 bits per heavy atom. The predicted octanol–water partition coefficient (Wildman–Crippen LogP) is 6.99. The van der Waals surface area contributed by atoms with Crippen LogP contribution in [0.5, 0.6) is 5.75 Å². The summed E-state index contributed by atoms with van der Waals surface area (Å²) in [5.41, 5.74) is 4.41. The number of hydrogen-bond acceptors (Lipinski definition) is 2. The molecule has 0 aliphatic heterocycles. The maximum Gasteiger partial charge on any atom is 0.124 e. The molecule has 1 aromatic rings. The minimum atomic E-state index is 0.0639. The number of phenolic OH excluding ortho intramolecular Hbond substituents is 1. The van der Waals surface area contributed by atoms with Gasteiger partial charge in [0.25, 0.3) is 0 Å². The number of aliphatic hydroxyl groups is 1. The molecule has 2 N–H and O–H groups in total. The first-order chi connectivity index (χ1) is 13.0. The van der Waals surface area contributed by atoms with E-state index in [1.54, 1.807) is 49.4 Å². The van der Waals surface area contributed by atoms with Gasteiger partial charge in [-0.3, -0.25) is 0 Å². The van der Waals surface area contributed by atoms with E-state index in [4.69, 9.17) is 0 Å². The summed E-state index contributed by atoms with van der Waals surface area (Å²) in [6, 6.07) is 3.48. The van der Waals surface area contributed by atoms with Crippen molar-refractivity contribution in [2.45, 2.75) is 20.8 Å². The molecule has 2 heteroatoms. The molecule has 0 aromatic heterocycles. The van der Waals surface area contributed by atoms with Crippen LogP contribution in [-0.2, 0) is 0 Å². The fourth-order valence-corrected chi connectivity index (χ4v) is 2.77. The van der Waals surface area contributed by atoms with E-state index in [1.807, 2.05) is 38.1 Å². The maximum absolute atomic E-state index is 10.8. The second-order valence-corrected chi connectivity index (χ2v) is 5.79. The number of phenols is 1. The molecule has 0 fully saturated rings. The quantitative estimate of drug-likeness (QED) is 0.387. The molecule has 0 spiro atoms. The van der Waals surface area contributed by atoms with E-state index in [0.717, 1.165) is 22.3 Å². The van der Waals surface area contributed by atoms with Gasteiger partial charge in [-0.15, -0.1) is 0 Å². The monoisotopic (exact) mass is 360 g/mol. The summed E-state index contributed by atoms with van der Waals surface area (Å²) < 4.78 is 0. The average molecular weight is 360 g/mol. The van der Waals surface area contributed by atoms with E-state index < -0.39 is 0 Å². The van der Waals surface area contributed by atoms with Crippen LogP contribution in [0.1, 0.15) is 30.5 Å². The van der Waals surface area contributed by atoms with E-state index in [2.05, 4.69) is 19.7 Å². The van der Waals surface area contributed by atoms with Gasteiger partial charge in [-0.2, -0.15) is 0 Å². The maximum atomic E-state index is 10.8. The lowest BCUT2D eigenvalue weighted by molar-refractivity contribution is 0.433. The summed E-state index contributed by atoms with van der Waals surface area (Å²) in [6.07, 6.45) is 15.9. The van der Waals surface area contributed by atoms with Gasteiger partial charge in [-0.05, 0) is 55.2 Å². The highest BCUT2D eigenvalue weighted by Gasteiger charge is 2.20. The van der Waals surface area contributed by atoms with Crippen molar-refractivity contribution >= 4 is 11.6 Å². The standard InChI is InChI=1S/C25H28O2/c1-7-12-14-20-18(6)16-17-23(27)24(20)25(22(26)11-5)21(15-13-8-2)19(9-3)10-4/h7-17,26-27H,1-3H2,4-6H3/b14-12-,15-13-,19-10-,22-11+,25-21+. The van der Waals surface area contributed by atoms with Crippen LogP contribution >= 0.6 is 0 Å². The van der Waals surface area contributed by atoms with Gasteiger partial charge in [-0.25, -0.2) is 0 Å². The third-order valence-electron chi connectivity index (χ3n) is 4.13. The molecule has 0 heterocycles. The minimum absolute atomic E-state index is 0.0639. The van der Waals surface area contributed by atoms with Crippen molar-refractivity contribution in [3.63, 3.8) is 0 Å². The number of benzene rings is 1. The molecule has 1 rings (SSSR count). The summed E-state index contributed by atoms with van der Waals surface area (Å²) in [4.78, 5) is 0. The fraction of sp³-hybridized carbons (Fsp3) is 0.120. The minimum Gasteiger partial charge on any atom is -0.508 e. The van der Waals surface area contributed by atoms with Crippen LogP contribution in [0.3, 0.4) is 0 Å². The van der Waals surface area contributed by atoms with Gasteiger partial charge in [0.05, 0.1) is 0 Å². The molecule has 0 amide bonds. The highest BCUT2D eigenvalue weighted by molar-refractivity contribution is 5.91. The predicted molar refractivity (Wildman–Crippen MR) is 119 cm³/mol. The van der Waals surface area contributed by atoms with Crippen molar-refractivity contribution in [3.05, 3.63) is 114 Å². The number of hydrogen-bond donors (Lipinski definition) is 2. The first kappa shape index (κ1) is 21.8. The summed E-state index contributed by atoms with van der Waals surface area (Å²) in [6.45, 7) is 16.9. The SMILES string of the molecule is C=C\C=C/C(C(/C=C)=C\C)=C(/C(O)=C\C)c1c(O)ccc(C)c1/C=C\C=C. The van der Waals surface area contributed by atoms with Gasteiger partial charge in [0.1, 0.15) is 11.5 Å². The van der Waals surface area contributed by atoms with Gasteiger partial charge in [0, 0.05) is 11.1 Å². The topological polar surface area (TPSA) is 40.5 Å². The molecule has 140 valence electrons. The summed E-state index contributed by atoms with van der Waals surface area (Å²) >= 11 is 0. The average Bonchev–Trinajstić information content (AvgIpc) is 2.68. The van der Waals surface area contributed by atoms with Crippen LogP contribution in [0, 0.1) is 6.92 Å². The van der Waals surface area contributed by atoms with E-state index in [1.165, 1.54) is 0 Å². The zero-order valence-electron chi connectivity index (χ0n) is 16.4. The Hall–Kier alpha value is -3.26. The highest BCUT2D eigenvalue weighted by Crippen LogP contribution is 2.39. The van der Waals surface area contributed by atoms with Gasteiger partial charge >= 0.3 is 0 Å². The Balaban J connectivity index is 4.17. The van der Waals surface area contributed by atoms with Crippen molar-refractivity contribution in [1.82, 2.24) is 0 Å². The summed E-state index contributed by atoms with van der Waals surface area (Å²) in [5, 5.41) is 21.5. The van der Waals surface area contributed by atoms with Crippen molar-refractivity contribution in [2.24, 2.45) is 0 Å². The Labute approximate surface area is 162 Å². The van der Waals surface area contributed by atoms with Gasteiger partial charge < -0.3 is 10.2 Å². The van der Waals surface area contributed by atoms with Crippen LogP contribution in [0.25, 0.3) is 11.6 Å². The fourth-order valence-electron chi connectivity index (χ4n) is 2.77. The molecule has 0 aliphatic carbocycles. The zero-order valence-corrected chi connectivity index (χ0v) is 16.4. The van der Waals surface area contributed by atoms with E-state index >= 15 is 0 Å². The van der Waals surface area contributed by atoms with Crippen LogP contribution in [0.2, 0.25) is 0 Å².